The molecule has 11 nitrogen and oxygen atoms in total. The van der Waals surface area contributed by atoms with Crippen LogP contribution < -0.4 is 0 Å². The standard InChI is InChI=1S/C3H6N2O5.HNO3/c1-3(2-6,4(7)8)5(9)10;2-1(3)4/h6H,2H2,1H3;(H,2,3,4). The van der Waals surface area contributed by atoms with Crippen LogP contribution in [0, 0.1) is 30.3 Å². The van der Waals surface area contributed by atoms with Gasteiger partial charge in [0.25, 0.3) is 5.09 Å². The van der Waals surface area contributed by atoms with Crippen LogP contribution in [0.5, 0.6) is 0 Å². The topological polar surface area (TPSA) is 170 Å². The van der Waals surface area contributed by atoms with Crippen LogP contribution in [-0.2, 0) is 0 Å². The van der Waals surface area contributed by atoms with Gasteiger partial charge in [-0.05, 0) is 0 Å². The first kappa shape index (κ1) is 14.5. The molecule has 0 spiro atoms. The maximum atomic E-state index is 9.90. The van der Waals surface area contributed by atoms with Gasteiger partial charge in [0.05, 0.1) is 6.92 Å². The minimum Gasteiger partial charge on any atom is -0.382 e. The Morgan fingerprint density at radius 1 is 1.14 bits per heavy atom. The van der Waals surface area contributed by atoms with Crippen LogP contribution in [0.3, 0.4) is 0 Å². The molecule has 0 atom stereocenters. The summed E-state index contributed by atoms with van der Waals surface area (Å²) in [5.41, 5.74) is -2.46. The predicted molar refractivity (Wildman–Crippen MR) is 38.3 cm³/mol. The zero-order valence-electron chi connectivity index (χ0n) is 6.89. The summed E-state index contributed by atoms with van der Waals surface area (Å²) in [7, 11) is 0. The minimum absolute atomic E-state index is 0.743. The van der Waals surface area contributed by atoms with Crippen LogP contribution in [0.25, 0.3) is 0 Å². The summed E-state index contributed by atoms with van der Waals surface area (Å²) in [6, 6.07) is 0. The van der Waals surface area contributed by atoms with Crippen molar-refractivity contribution in [2.24, 2.45) is 0 Å². The lowest BCUT2D eigenvalue weighted by Crippen LogP contribution is -2.46. The number of nitro groups is 2. The van der Waals surface area contributed by atoms with E-state index >= 15 is 0 Å². The van der Waals surface area contributed by atoms with E-state index in [-0.39, 0.29) is 0 Å². The van der Waals surface area contributed by atoms with Crippen molar-refractivity contribution in [1.82, 2.24) is 0 Å². The molecular weight excluding hydrogens is 206 g/mol. The van der Waals surface area contributed by atoms with Gasteiger partial charge in [0, 0.05) is 0 Å². The highest BCUT2D eigenvalue weighted by Crippen LogP contribution is 2.07. The molecule has 0 heterocycles. The first-order chi connectivity index (χ1) is 6.18. The Labute approximate surface area is 76.0 Å². The monoisotopic (exact) mass is 213 g/mol. The second-order valence-corrected chi connectivity index (χ2v) is 2.13. The van der Waals surface area contributed by atoms with Crippen molar-refractivity contribution in [2.45, 2.75) is 12.6 Å². The van der Waals surface area contributed by atoms with Gasteiger partial charge in [-0.25, -0.2) is 0 Å². The molecule has 0 aliphatic heterocycles. The Hall–Kier alpha value is -2.04. The number of hydrogen-bond donors (Lipinski definition) is 2. The van der Waals surface area contributed by atoms with Gasteiger partial charge in [-0.3, -0.25) is 20.2 Å². The summed E-state index contributed by atoms with van der Waals surface area (Å²) in [5, 5.41) is 41.7. The van der Waals surface area contributed by atoms with Gasteiger partial charge in [0.2, 0.25) is 0 Å². The van der Waals surface area contributed by atoms with Crippen molar-refractivity contribution in [3.8, 4) is 0 Å². The van der Waals surface area contributed by atoms with Crippen molar-refractivity contribution in [3.05, 3.63) is 30.3 Å². The van der Waals surface area contributed by atoms with E-state index in [1.807, 2.05) is 0 Å². The van der Waals surface area contributed by atoms with Crippen LogP contribution in [0.2, 0.25) is 0 Å². The summed E-state index contributed by atoms with van der Waals surface area (Å²) in [4.78, 5) is 25.9. The van der Waals surface area contributed by atoms with Gasteiger partial charge in [0.1, 0.15) is 9.85 Å². The number of aliphatic hydroxyl groups is 1. The third-order valence-electron chi connectivity index (χ3n) is 1.09. The van der Waals surface area contributed by atoms with E-state index in [0.717, 1.165) is 6.92 Å². The first-order valence-corrected chi connectivity index (χ1v) is 2.91. The largest absolute Gasteiger partial charge is 0.477 e. The first-order valence-electron chi connectivity index (χ1n) is 2.91. The summed E-state index contributed by atoms with van der Waals surface area (Å²) in [6.45, 7) is -0.361. The van der Waals surface area contributed by atoms with Crippen LogP contribution in [0.1, 0.15) is 6.92 Å². The summed E-state index contributed by atoms with van der Waals surface area (Å²) >= 11 is 0. The Morgan fingerprint density at radius 2 is 1.36 bits per heavy atom. The Balaban J connectivity index is 0. The fourth-order valence-corrected chi connectivity index (χ4v) is 0.182. The molecule has 0 amide bonds. The van der Waals surface area contributed by atoms with Crippen molar-refractivity contribution >= 4 is 0 Å². The molecule has 0 aliphatic carbocycles. The SMILES string of the molecule is CC(CO)([N+](=O)[O-])[N+](=O)[O-].O=[N+]([O-])O. The summed E-state index contributed by atoms with van der Waals surface area (Å²) in [5.74, 6) is 0. The molecule has 2 N–H and O–H groups in total. The second-order valence-electron chi connectivity index (χ2n) is 2.13. The van der Waals surface area contributed by atoms with E-state index in [4.69, 9.17) is 20.4 Å². The van der Waals surface area contributed by atoms with Crippen LogP contribution in [0.4, 0.5) is 0 Å². The van der Waals surface area contributed by atoms with Gasteiger partial charge in [-0.15, -0.1) is 10.1 Å². The molecule has 0 rings (SSSR count). The quantitative estimate of drug-likeness (QED) is 0.337. The molecule has 0 aromatic heterocycles. The van der Waals surface area contributed by atoms with Crippen molar-refractivity contribution < 1.29 is 25.2 Å². The van der Waals surface area contributed by atoms with E-state index in [1.54, 1.807) is 0 Å². The zero-order chi connectivity index (χ0) is 11.9. The summed E-state index contributed by atoms with van der Waals surface area (Å²) < 4.78 is 0. The summed E-state index contributed by atoms with van der Waals surface area (Å²) in [6.07, 6.45) is 0. The van der Waals surface area contributed by atoms with Gasteiger partial charge in [0.15, 0.2) is 6.61 Å². The fraction of sp³-hybridized carbons (Fsp3) is 1.00. The Morgan fingerprint density at radius 3 is 1.36 bits per heavy atom. The Bertz CT molecular complexity index is 220. The van der Waals surface area contributed by atoms with Crippen molar-refractivity contribution in [1.29, 1.82) is 0 Å². The molecule has 0 aromatic rings. The molecule has 14 heavy (non-hydrogen) atoms. The van der Waals surface area contributed by atoms with Crippen LogP contribution in [0.15, 0.2) is 0 Å². The Kier molecular flexibility index (Phi) is 5.77. The molecule has 0 radical (unpaired) electrons. The highest BCUT2D eigenvalue weighted by atomic mass is 16.9. The third kappa shape index (κ3) is 4.76. The number of rotatable bonds is 3. The van der Waals surface area contributed by atoms with Gasteiger partial charge >= 0.3 is 5.66 Å². The highest BCUT2D eigenvalue weighted by Gasteiger charge is 2.49. The lowest BCUT2D eigenvalue weighted by Gasteiger charge is -2.07. The van der Waals surface area contributed by atoms with Gasteiger partial charge in [-0.1, -0.05) is 0 Å². The van der Waals surface area contributed by atoms with E-state index in [1.165, 1.54) is 0 Å². The van der Waals surface area contributed by atoms with E-state index in [9.17, 15) is 20.2 Å². The maximum Gasteiger partial charge on any atom is 0.477 e. The molecule has 11 heteroatoms. The number of aliphatic hydroxyl groups excluding tert-OH is 1. The molecule has 0 aromatic carbocycles. The molecule has 0 unspecified atom stereocenters. The van der Waals surface area contributed by atoms with Gasteiger partial charge < -0.3 is 10.3 Å². The van der Waals surface area contributed by atoms with E-state index in [0.29, 0.717) is 0 Å². The van der Waals surface area contributed by atoms with E-state index < -0.39 is 27.2 Å². The lowest BCUT2D eigenvalue weighted by molar-refractivity contribution is -0.793. The third-order valence-corrected chi connectivity index (χ3v) is 1.09. The maximum absolute atomic E-state index is 9.90. The normalized spacial score (nSPS) is 9.57. The zero-order valence-corrected chi connectivity index (χ0v) is 6.89. The number of nitrogens with zero attached hydrogens (tertiary/aromatic N) is 3. The molecule has 82 valence electrons. The van der Waals surface area contributed by atoms with Crippen molar-refractivity contribution in [2.75, 3.05) is 6.61 Å². The highest BCUT2D eigenvalue weighted by molar-refractivity contribution is 4.55. The average molecular weight is 213 g/mol. The number of hydrogen-bond acceptors (Lipinski definition) is 7. The second kappa shape index (κ2) is 5.58. The van der Waals surface area contributed by atoms with Crippen molar-refractivity contribution in [3.63, 3.8) is 0 Å². The average Bonchev–Trinajstić information content (AvgIpc) is 2.01. The molecule has 0 bridgehead atoms. The van der Waals surface area contributed by atoms with Crippen LogP contribution in [-0.4, -0.2) is 37.5 Å². The predicted octanol–water partition coefficient (Wildman–Crippen LogP) is -1.10. The molecule has 0 aliphatic rings. The molecule has 0 saturated heterocycles. The van der Waals surface area contributed by atoms with Gasteiger partial charge in [-0.2, -0.15) is 0 Å². The fourth-order valence-electron chi connectivity index (χ4n) is 0.182. The smallest absolute Gasteiger partial charge is 0.382 e. The van der Waals surface area contributed by atoms with E-state index in [2.05, 4.69) is 0 Å². The molecular formula is C3H7N3O8. The minimum atomic E-state index is -2.46. The lowest BCUT2D eigenvalue weighted by atomic mass is 10.2. The van der Waals surface area contributed by atoms with Crippen LogP contribution >= 0.6 is 0 Å². The molecule has 0 saturated carbocycles. The molecule has 0 fully saturated rings.